The molecule has 0 aliphatic heterocycles. The predicted octanol–water partition coefficient (Wildman–Crippen LogP) is 3.15. The van der Waals surface area contributed by atoms with Crippen LogP contribution in [0, 0.1) is 13.8 Å². The standard InChI is InChI=1S/C22H30N4O2.HI/c1-4-23-22(25-10-9-18-14-16(2)13-17(3)15-18)26-12-11-24-21(28)19-5-7-20(27)8-6-19;/h5-8,13-15,27H,4,9-12H2,1-3H3,(H,24,28)(H2,23,25,26);1H. The highest BCUT2D eigenvalue weighted by Crippen LogP contribution is 2.10. The van der Waals surface area contributed by atoms with Gasteiger partial charge in [0.15, 0.2) is 5.96 Å². The lowest BCUT2D eigenvalue weighted by Gasteiger charge is -2.12. The summed E-state index contributed by atoms with van der Waals surface area (Å²) >= 11 is 0. The van der Waals surface area contributed by atoms with Crippen molar-refractivity contribution in [1.29, 1.82) is 0 Å². The smallest absolute Gasteiger partial charge is 0.251 e. The quantitative estimate of drug-likeness (QED) is 0.190. The molecule has 7 heteroatoms. The van der Waals surface area contributed by atoms with Gasteiger partial charge in [0.05, 0.1) is 0 Å². The van der Waals surface area contributed by atoms with E-state index in [-0.39, 0.29) is 35.6 Å². The normalized spacial score (nSPS) is 10.8. The molecule has 0 bridgehead atoms. The number of rotatable bonds is 8. The SMILES string of the molecule is CCNC(=NCCc1cc(C)cc(C)c1)NCCNC(=O)c1ccc(O)cc1.I. The molecule has 0 saturated heterocycles. The molecule has 6 nitrogen and oxygen atoms in total. The Balaban J connectivity index is 0.00000420. The Kier molecular flexibility index (Phi) is 11.1. The Hall–Kier alpha value is -2.29. The minimum Gasteiger partial charge on any atom is -0.508 e. The third-order valence-corrected chi connectivity index (χ3v) is 4.13. The molecule has 0 aromatic heterocycles. The first-order chi connectivity index (χ1) is 13.5. The van der Waals surface area contributed by atoms with Crippen LogP contribution in [0.2, 0.25) is 0 Å². The van der Waals surface area contributed by atoms with Gasteiger partial charge in [-0.25, -0.2) is 0 Å². The summed E-state index contributed by atoms with van der Waals surface area (Å²) in [5, 5.41) is 18.6. The van der Waals surface area contributed by atoms with E-state index in [9.17, 15) is 9.90 Å². The number of hydrogen-bond acceptors (Lipinski definition) is 3. The lowest BCUT2D eigenvalue weighted by atomic mass is 10.1. The summed E-state index contributed by atoms with van der Waals surface area (Å²) in [7, 11) is 0. The molecule has 158 valence electrons. The number of hydrogen-bond donors (Lipinski definition) is 4. The molecular formula is C22H31IN4O2. The van der Waals surface area contributed by atoms with E-state index in [1.54, 1.807) is 12.1 Å². The number of aryl methyl sites for hydroxylation is 2. The van der Waals surface area contributed by atoms with E-state index < -0.39 is 0 Å². The van der Waals surface area contributed by atoms with Crippen LogP contribution >= 0.6 is 24.0 Å². The van der Waals surface area contributed by atoms with Gasteiger partial charge < -0.3 is 21.1 Å². The van der Waals surface area contributed by atoms with Crippen LogP contribution in [-0.4, -0.2) is 43.2 Å². The van der Waals surface area contributed by atoms with Crippen molar-refractivity contribution in [2.24, 2.45) is 4.99 Å². The van der Waals surface area contributed by atoms with Crippen LogP contribution in [0.5, 0.6) is 5.75 Å². The number of guanidine groups is 1. The number of phenolic OH excluding ortho intramolecular Hbond substituents is 1. The average molecular weight is 510 g/mol. The fourth-order valence-corrected chi connectivity index (χ4v) is 2.92. The second-order valence-corrected chi connectivity index (χ2v) is 6.74. The predicted molar refractivity (Wildman–Crippen MR) is 129 cm³/mol. The van der Waals surface area contributed by atoms with Crippen molar-refractivity contribution in [2.45, 2.75) is 27.2 Å². The van der Waals surface area contributed by atoms with Gasteiger partial charge in [-0.1, -0.05) is 29.3 Å². The van der Waals surface area contributed by atoms with Gasteiger partial charge in [-0.15, -0.1) is 24.0 Å². The Labute approximate surface area is 190 Å². The third kappa shape index (κ3) is 9.17. The summed E-state index contributed by atoms with van der Waals surface area (Å²) in [6.07, 6.45) is 0.886. The first-order valence-corrected chi connectivity index (χ1v) is 9.64. The summed E-state index contributed by atoms with van der Waals surface area (Å²) in [6, 6.07) is 12.7. The van der Waals surface area contributed by atoms with Crippen LogP contribution in [0.15, 0.2) is 47.5 Å². The summed E-state index contributed by atoms with van der Waals surface area (Å²) < 4.78 is 0. The largest absolute Gasteiger partial charge is 0.508 e. The zero-order valence-electron chi connectivity index (χ0n) is 17.3. The molecule has 0 radical (unpaired) electrons. The van der Waals surface area contributed by atoms with Crippen molar-refractivity contribution in [3.63, 3.8) is 0 Å². The Morgan fingerprint density at radius 2 is 1.59 bits per heavy atom. The van der Waals surface area contributed by atoms with Crippen LogP contribution in [-0.2, 0) is 6.42 Å². The molecule has 2 aromatic carbocycles. The highest BCUT2D eigenvalue weighted by molar-refractivity contribution is 14.0. The Morgan fingerprint density at radius 3 is 2.21 bits per heavy atom. The van der Waals surface area contributed by atoms with E-state index in [2.05, 4.69) is 53.0 Å². The van der Waals surface area contributed by atoms with Gasteiger partial charge in [0.25, 0.3) is 5.91 Å². The minimum atomic E-state index is -0.168. The monoisotopic (exact) mass is 510 g/mol. The number of nitrogens with zero attached hydrogens (tertiary/aromatic N) is 1. The number of halogens is 1. The minimum absolute atomic E-state index is 0. The van der Waals surface area contributed by atoms with Crippen molar-refractivity contribution < 1.29 is 9.90 Å². The van der Waals surface area contributed by atoms with E-state index in [4.69, 9.17) is 0 Å². The third-order valence-electron chi connectivity index (χ3n) is 4.13. The number of aliphatic imine (C=N–C) groups is 1. The van der Waals surface area contributed by atoms with Gasteiger partial charge in [-0.2, -0.15) is 0 Å². The number of amides is 1. The molecular weight excluding hydrogens is 479 g/mol. The van der Waals surface area contributed by atoms with E-state index >= 15 is 0 Å². The van der Waals surface area contributed by atoms with Crippen LogP contribution in [0.4, 0.5) is 0 Å². The van der Waals surface area contributed by atoms with E-state index in [1.807, 2.05) is 6.92 Å². The molecule has 2 aromatic rings. The first kappa shape index (κ1) is 24.7. The van der Waals surface area contributed by atoms with Crippen LogP contribution in [0.3, 0.4) is 0 Å². The fraction of sp³-hybridized carbons (Fsp3) is 0.364. The summed E-state index contributed by atoms with van der Waals surface area (Å²) in [5.41, 5.74) is 4.35. The zero-order valence-corrected chi connectivity index (χ0v) is 19.6. The highest BCUT2D eigenvalue weighted by atomic mass is 127. The van der Waals surface area contributed by atoms with Gasteiger partial charge in [-0.05, 0) is 57.0 Å². The lowest BCUT2D eigenvalue weighted by molar-refractivity contribution is 0.0954. The first-order valence-electron chi connectivity index (χ1n) is 9.64. The number of carbonyl (C=O) groups is 1. The molecule has 0 atom stereocenters. The second-order valence-electron chi connectivity index (χ2n) is 6.74. The van der Waals surface area contributed by atoms with Crippen molar-refractivity contribution in [1.82, 2.24) is 16.0 Å². The maximum absolute atomic E-state index is 12.0. The number of aromatic hydroxyl groups is 1. The number of benzene rings is 2. The van der Waals surface area contributed by atoms with Crippen molar-refractivity contribution >= 4 is 35.8 Å². The van der Waals surface area contributed by atoms with Gasteiger partial charge in [0, 0.05) is 31.7 Å². The highest BCUT2D eigenvalue weighted by Gasteiger charge is 2.04. The topological polar surface area (TPSA) is 85.8 Å². The van der Waals surface area contributed by atoms with Crippen molar-refractivity contribution in [3.05, 3.63) is 64.7 Å². The number of phenols is 1. The molecule has 4 N–H and O–H groups in total. The molecule has 0 saturated carbocycles. The molecule has 1 amide bonds. The Bertz CT molecular complexity index is 787. The molecule has 0 heterocycles. The van der Waals surface area contributed by atoms with E-state index in [0.29, 0.717) is 25.2 Å². The van der Waals surface area contributed by atoms with Gasteiger partial charge >= 0.3 is 0 Å². The van der Waals surface area contributed by atoms with E-state index in [1.165, 1.54) is 28.8 Å². The lowest BCUT2D eigenvalue weighted by Crippen LogP contribution is -2.41. The zero-order chi connectivity index (χ0) is 20.4. The molecule has 2 rings (SSSR count). The summed E-state index contributed by atoms with van der Waals surface area (Å²) in [5.74, 6) is 0.717. The molecule has 29 heavy (non-hydrogen) atoms. The maximum atomic E-state index is 12.0. The number of nitrogens with one attached hydrogen (secondary N) is 3. The summed E-state index contributed by atoms with van der Waals surface area (Å²) in [6.45, 7) is 8.75. The van der Waals surface area contributed by atoms with Gasteiger partial charge in [0.1, 0.15) is 5.75 Å². The summed E-state index contributed by atoms with van der Waals surface area (Å²) in [4.78, 5) is 16.7. The maximum Gasteiger partial charge on any atom is 0.251 e. The second kappa shape index (κ2) is 13.0. The van der Waals surface area contributed by atoms with Crippen molar-refractivity contribution in [3.8, 4) is 5.75 Å². The van der Waals surface area contributed by atoms with Crippen LogP contribution in [0.1, 0.15) is 34.0 Å². The van der Waals surface area contributed by atoms with Crippen LogP contribution in [0.25, 0.3) is 0 Å². The van der Waals surface area contributed by atoms with E-state index in [0.717, 1.165) is 18.9 Å². The average Bonchev–Trinajstić information content (AvgIpc) is 2.64. The molecule has 0 spiro atoms. The molecule has 0 unspecified atom stereocenters. The molecule has 0 fully saturated rings. The van der Waals surface area contributed by atoms with Gasteiger partial charge in [0.2, 0.25) is 0 Å². The molecule has 0 aliphatic rings. The molecule has 0 aliphatic carbocycles. The number of carbonyl (C=O) groups excluding carboxylic acids is 1. The van der Waals surface area contributed by atoms with Crippen molar-refractivity contribution in [2.75, 3.05) is 26.2 Å². The van der Waals surface area contributed by atoms with Crippen LogP contribution < -0.4 is 16.0 Å². The Morgan fingerprint density at radius 1 is 0.966 bits per heavy atom. The van der Waals surface area contributed by atoms with Gasteiger partial charge in [-0.3, -0.25) is 9.79 Å². The fourth-order valence-electron chi connectivity index (χ4n) is 2.92.